The van der Waals surface area contributed by atoms with Crippen molar-refractivity contribution in [2.45, 2.75) is 38.3 Å². The van der Waals surface area contributed by atoms with Crippen LogP contribution in [0.1, 0.15) is 35.7 Å². The molecule has 1 aromatic carbocycles. The molecule has 0 aliphatic carbocycles. The molecular weight excluding hydrogens is 671 g/mol. The molecule has 4 aliphatic heterocycles. The lowest BCUT2D eigenvalue weighted by Gasteiger charge is -2.33. The number of likely N-dealkylation sites (tertiary alicyclic amines) is 1. The minimum atomic E-state index is -1.64. The first-order valence-electron chi connectivity index (χ1n) is 17.1. The van der Waals surface area contributed by atoms with E-state index >= 15 is 0 Å². The van der Waals surface area contributed by atoms with Crippen molar-refractivity contribution in [3.8, 4) is 0 Å². The minimum absolute atomic E-state index is 0.0520. The molecule has 3 amide bonds. The standard InChI is InChI=1S/C31H45BN8O11/c1-22(31(46)39-8-2-3-25(39)32(47)48)34-30(45)24-6-4-23(5-7-24)17-33-26(41)18-35-9-11-36-13-15-38-16-14-37(12-10-35)20-28(43)50-40(49-27(42)19-36)51-29(44)21-38/h4-7,22,25,47-48H,2-3,8-21H2,1H3,(H,33,41)(H,34,45)/t22-,25+/m1/s1. The monoisotopic (exact) mass is 716 g/mol. The Bertz CT molecular complexity index is 1400. The molecule has 278 valence electrons. The average Bonchev–Trinajstić information content (AvgIpc) is 3.57. The third kappa shape index (κ3) is 11.2. The second-order valence-corrected chi connectivity index (χ2v) is 13.0. The van der Waals surface area contributed by atoms with Crippen LogP contribution in [-0.2, 0) is 45.0 Å². The van der Waals surface area contributed by atoms with E-state index in [1.54, 1.807) is 31.2 Å². The fourth-order valence-corrected chi connectivity index (χ4v) is 6.35. The highest BCUT2D eigenvalue weighted by Gasteiger charge is 2.38. The average molecular weight is 717 g/mol. The van der Waals surface area contributed by atoms with Gasteiger partial charge in [0.15, 0.2) is 0 Å². The van der Waals surface area contributed by atoms with Crippen molar-refractivity contribution in [3.63, 3.8) is 0 Å². The maximum absolute atomic E-state index is 13.1. The van der Waals surface area contributed by atoms with E-state index < -0.39 is 42.9 Å². The zero-order valence-electron chi connectivity index (χ0n) is 28.6. The number of fused-ring (bicyclic) bond motifs is 7. The van der Waals surface area contributed by atoms with Crippen molar-refractivity contribution in [2.24, 2.45) is 0 Å². The van der Waals surface area contributed by atoms with Crippen molar-refractivity contribution in [1.29, 1.82) is 0 Å². The largest absolute Gasteiger partial charge is 0.475 e. The molecule has 4 saturated heterocycles. The molecule has 0 spiro atoms. The highest BCUT2D eigenvalue weighted by Crippen LogP contribution is 2.19. The lowest BCUT2D eigenvalue weighted by Crippen LogP contribution is -2.52. The van der Waals surface area contributed by atoms with Gasteiger partial charge in [0.2, 0.25) is 17.2 Å². The summed E-state index contributed by atoms with van der Waals surface area (Å²) in [5.41, 5.74) is 1.07. The van der Waals surface area contributed by atoms with Crippen LogP contribution in [0.3, 0.4) is 0 Å². The Morgan fingerprint density at radius 1 is 0.804 bits per heavy atom. The number of hydrogen-bond acceptors (Lipinski definition) is 16. The van der Waals surface area contributed by atoms with Gasteiger partial charge in [-0.15, -0.1) is 0 Å². The molecule has 5 rings (SSSR count). The van der Waals surface area contributed by atoms with Crippen LogP contribution >= 0.6 is 0 Å². The molecule has 4 fully saturated rings. The molecule has 2 unspecified atom stereocenters. The first kappa shape index (κ1) is 38.1. The second-order valence-electron chi connectivity index (χ2n) is 13.0. The van der Waals surface area contributed by atoms with E-state index in [1.165, 1.54) is 4.90 Å². The summed E-state index contributed by atoms with van der Waals surface area (Å²) in [5, 5.41) is 24.9. The predicted molar refractivity (Wildman–Crippen MR) is 176 cm³/mol. The summed E-state index contributed by atoms with van der Waals surface area (Å²) in [4.78, 5) is 100. The molecule has 0 aromatic heterocycles. The van der Waals surface area contributed by atoms with E-state index in [4.69, 9.17) is 14.5 Å². The first-order valence-corrected chi connectivity index (χ1v) is 17.1. The third-order valence-electron chi connectivity index (χ3n) is 9.23. The molecule has 4 bridgehead atoms. The number of amides is 3. The number of nitrogens with one attached hydrogen (secondary N) is 2. The highest BCUT2D eigenvalue weighted by molar-refractivity contribution is 6.43. The lowest BCUT2D eigenvalue weighted by atomic mass is 9.78. The second kappa shape index (κ2) is 17.8. The van der Waals surface area contributed by atoms with E-state index in [0.29, 0.717) is 77.3 Å². The first-order chi connectivity index (χ1) is 24.4. The molecule has 4 atom stereocenters. The Labute approximate surface area is 295 Å². The van der Waals surface area contributed by atoms with Gasteiger partial charge in [-0.25, -0.2) is 14.4 Å². The summed E-state index contributed by atoms with van der Waals surface area (Å²) in [7, 11) is -1.64. The minimum Gasteiger partial charge on any atom is -0.426 e. The molecule has 4 aliphatic rings. The van der Waals surface area contributed by atoms with Gasteiger partial charge in [-0.3, -0.25) is 48.5 Å². The van der Waals surface area contributed by atoms with Crippen molar-refractivity contribution in [1.82, 2.24) is 40.5 Å². The smallest absolute Gasteiger partial charge is 0.426 e. The molecule has 4 N–H and O–H groups in total. The lowest BCUT2D eigenvalue weighted by molar-refractivity contribution is -0.464. The van der Waals surface area contributed by atoms with Crippen LogP contribution < -0.4 is 10.6 Å². The molecule has 19 nitrogen and oxygen atoms in total. The molecule has 0 radical (unpaired) electrons. The van der Waals surface area contributed by atoms with Gasteiger partial charge in [0, 0.05) is 71.0 Å². The van der Waals surface area contributed by atoms with Crippen LogP contribution in [0.2, 0.25) is 0 Å². The normalized spacial score (nSPS) is 27.0. The van der Waals surface area contributed by atoms with Gasteiger partial charge in [0.1, 0.15) is 6.04 Å². The van der Waals surface area contributed by atoms with Crippen LogP contribution in [0.15, 0.2) is 24.3 Å². The summed E-state index contributed by atoms with van der Waals surface area (Å²) in [6.07, 6.45) is 1.13. The summed E-state index contributed by atoms with van der Waals surface area (Å²) in [6.45, 7) is 5.27. The van der Waals surface area contributed by atoms with Gasteiger partial charge >= 0.3 is 25.0 Å². The summed E-state index contributed by atoms with van der Waals surface area (Å²) < 4.78 is 0. The van der Waals surface area contributed by atoms with Gasteiger partial charge in [0.25, 0.3) is 5.91 Å². The van der Waals surface area contributed by atoms with E-state index in [1.807, 2.05) is 19.6 Å². The van der Waals surface area contributed by atoms with Gasteiger partial charge in [-0.05, 0) is 37.5 Å². The molecule has 4 heterocycles. The van der Waals surface area contributed by atoms with Crippen LogP contribution in [-0.4, -0.2) is 180 Å². The molecule has 1 aromatic rings. The Kier molecular flexibility index (Phi) is 13.3. The van der Waals surface area contributed by atoms with E-state index in [-0.39, 0.29) is 49.9 Å². The zero-order valence-corrected chi connectivity index (χ0v) is 28.6. The Morgan fingerprint density at radius 2 is 1.31 bits per heavy atom. The van der Waals surface area contributed by atoms with Gasteiger partial charge < -0.3 is 25.6 Å². The molecule has 0 saturated carbocycles. The topological polar surface area (TPSA) is 214 Å². The van der Waals surface area contributed by atoms with E-state index in [9.17, 15) is 38.8 Å². The van der Waals surface area contributed by atoms with E-state index in [2.05, 4.69) is 10.6 Å². The molecular formula is C31H45BN8O11. The van der Waals surface area contributed by atoms with Crippen LogP contribution in [0, 0.1) is 0 Å². The predicted octanol–water partition coefficient (Wildman–Crippen LogP) is -3.65. The highest BCUT2D eigenvalue weighted by atomic mass is 17.2. The number of carbonyl (C=O) groups excluding carboxylic acids is 6. The molecule has 51 heavy (non-hydrogen) atoms. The third-order valence-corrected chi connectivity index (χ3v) is 9.23. The fraction of sp³-hybridized carbons (Fsp3) is 0.613. The maximum Gasteiger partial charge on any atom is 0.475 e. The molecule has 20 heteroatoms. The van der Waals surface area contributed by atoms with Crippen molar-refractivity contribution in [3.05, 3.63) is 35.4 Å². The summed E-state index contributed by atoms with van der Waals surface area (Å²) in [6, 6.07) is 5.73. The number of carbonyl (C=O) groups is 6. The quantitative estimate of drug-likeness (QED) is 0.191. The van der Waals surface area contributed by atoms with Crippen molar-refractivity contribution >= 4 is 42.7 Å². The summed E-state index contributed by atoms with van der Waals surface area (Å²) in [5.74, 6) is -4.10. The SMILES string of the molecule is C[C@@H](NC(=O)c1ccc(CNC(=O)CN2CCN3CCN4CCN(CC2)CC(=O)ON(OC(=O)C3)OC(=O)C4)cc1)C(=O)N1CCC[C@H]1B(O)O. The van der Waals surface area contributed by atoms with E-state index in [0.717, 1.165) is 5.56 Å². The zero-order chi connectivity index (χ0) is 36.5. The van der Waals surface area contributed by atoms with Crippen molar-refractivity contribution < 1.29 is 53.3 Å². The Morgan fingerprint density at radius 3 is 1.82 bits per heavy atom. The Hall–Kier alpha value is -4.18. The van der Waals surface area contributed by atoms with Crippen LogP contribution in [0.5, 0.6) is 0 Å². The fourth-order valence-electron chi connectivity index (χ4n) is 6.35. The van der Waals surface area contributed by atoms with Crippen LogP contribution in [0.4, 0.5) is 0 Å². The number of nitrogens with zero attached hydrogens (tertiary/aromatic N) is 6. The van der Waals surface area contributed by atoms with Gasteiger partial charge in [0.05, 0.1) is 32.1 Å². The van der Waals surface area contributed by atoms with Gasteiger partial charge in [-0.1, -0.05) is 12.1 Å². The number of benzene rings is 1. The van der Waals surface area contributed by atoms with Gasteiger partial charge in [-0.2, -0.15) is 0 Å². The Balaban J connectivity index is 1.15. The van der Waals surface area contributed by atoms with Crippen LogP contribution in [0.25, 0.3) is 0 Å². The maximum atomic E-state index is 13.1. The number of rotatable bonds is 8. The number of hydrogen-bond donors (Lipinski definition) is 4. The van der Waals surface area contributed by atoms with Crippen molar-refractivity contribution in [2.75, 3.05) is 85.1 Å². The summed E-state index contributed by atoms with van der Waals surface area (Å²) >= 11 is 0.